The summed E-state index contributed by atoms with van der Waals surface area (Å²) in [5, 5.41) is 0. The lowest BCUT2D eigenvalue weighted by Gasteiger charge is -2.25. The predicted octanol–water partition coefficient (Wildman–Crippen LogP) is 3.05. The van der Waals surface area contributed by atoms with E-state index in [-0.39, 0.29) is 17.8 Å². The highest BCUT2D eigenvalue weighted by atomic mass is 16.5. The molecule has 0 N–H and O–H groups in total. The molecule has 21 heavy (non-hydrogen) atoms. The van der Waals surface area contributed by atoms with Crippen molar-refractivity contribution in [1.29, 1.82) is 0 Å². The Hall–Kier alpha value is -1.84. The molecular weight excluding hydrogens is 266 g/mol. The first kappa shape index (κ1) is 17.2. The fourth-order valence-corrected chi connectivity index (χ4v) is 2.11. The summed E-state index contributed by atoms with van der Waals surface area (Å²) in [6, 6.07) is 7.52. The number of nitrogens with zero attached hydrogens (tertiary/aromatic N) is 1. The maximum atomic E-state index is 12.6. The summed E-state index contributed by atoms with van der Waals surface area (Å²) in [4.78, 5) is 25.9. The average molecular weight is 291 g/mol. The minimum absolute atomic E-state index is 0.0285. The summed E-state index contributed by atoms with van der Waals surface area (Å²) in [6.07, 6.45) is 1.93. The van der Waals surface area contributed by atoms with Crippen LogP contribution in [0.2, 0.25) is 0 Å². The van der Waals surface area contributed by atoms with E-state index in [4.69, 9.17) is 4.74 Å². The summed E-state index contributed by atoms with van der Waals surface area (Å²) in [5.74, 6) is -0.631. The number of esters is 1. The van der Waals surface area contributed by atoms with Crippen LogP contribution in [-0.4, -0.2) is 37.0 Å². The number of rotatable bonds is 7. The monoisotopic (exact) mass is 291 g/mol. The van der Waals surface area contributed by atoms with E-state index in [0.29, 0.717) is 18.7 Å². The molecule has 0 radical (unpaired) electrons. The Morgan fingerprint density at radius 2 is 1.86 bits per heavy atom. The Bertz CT molecular complexity index is 467. The zero-order valence-corrected chi connectivity index (χ0v) is 13.4. The van der Waals surface area contributed by atoms with Gasteiger partial charge in [0.2, 0.25) is 0 Å². The lowest BCUT2D eigenvalue weighted by atomic mass is 10.1. The molecule has 0 fully saturated rings. The minimum Gasteiger partial charge on any atom is -0.469 e. The maximum absolute atomic E-state index is 12.6. The molecule has 1 aromatic rings. The molecule has 1 atom stereocenters. The normalized spacial score (nSPS) is 11.8. The molecule has 0 saturated carbocycles. The van der Waals surface area contributed by atoms with Crippen LogP contribution < -0.4 is 0 Å². The first-order valence-electron chi connectivity index (χ1n) is 7.43. The van der Waals surface area contributed by atoms with Gasteiger partial charge >= 0.3 is 5.97 Å². The molecule has 0 heterocycles. The lowest BCUT2D eigenvalue weighted by Crippen LogP contribution is -2.38. The summed E-state index contributed by atoms with van der Waals surface area (Å²) in [6.45, 7) is 6.90. The first-order valence-corrected chi connectivity index (χ1v) is 7.43. The molecule has 0 bridgehead atoms. The fourth-order valence-electron chi connectivity index (χ4n) is 2.11. The van der Waals surface area contributed by atoms with Gasteiger partial charge in [-0.3, -0.25) is 9.59 Å². The number of unbranched alkanes of at least 4 members (excludes halogenated alkanes) is 1. The van der Waals surface area contributed by atoms with Gasteiger partial charge in [-0.2, -0.15) is 0 Å². The Balaban J connectivity index is 2.82. The zero-order valence-electron chi connectivity index (χ0n) is 13.4. The quantitative estimate of drug-likeness (QED) is 0.725. The van der Waals surface area contributed by atoms with E-state index in [1.54, 1.807) is 11.8 Å². The molecule has 1 amide bonds. The van der Waals surface area contributed by atoms with E-state index in [2.05, 4.69) is 6.92 Å². The first-order chi connectivity index (χ1) is 9.99. The van der Waals surface area contributed by atoms with Gasteiger partial charge in [-0.05, 0) is 25.5 Å². The van der Waals surface area contributed by atoms with Gasteiger partial charge in [0.1, 0.15) is 0 Å². The lowest BCUT2D eigenvalue weighted by molar-refractivity contribution is -0.145. The molecule has 0 spiro atoms. The predicted molar refractivity (Wildman–Crippen MR) is 83.2 cm³/mol. The number of hydrogen-bond acceptors (Lipinski definition) is 3. The third-order valence-corrected chi connectivity index (χ3v) is 3.47. The molecule has 1 unspecified atom stereocenters. The molecule has 0 aliphatic carbocycles. The number of amides is 1. The number of aryl methyl sites for hydroxylation is 1. The number of ether oxygens (including phenoxy) is 1. The van der Waals surface area contributed by atoms with Crippen molar-refractivity contribution >= 4 is 11.9 Å². The van der Waals surface area contributed by atoms with E-state index in [1.165, 1.54) is 7.11 Å². The van der Waals surface area contributed by atoms with E-state index < -0.39 is 0 Å². The summed E-state index contributed by atoms with van der Waals surface area (Å²) >= 11 is 0. The van der Waals surface area contributed by atoms with Crippen LogP contribution in [-0.2, 0) is 9.53 Å². The number of hydrogen-bond donors (Lipinski definition) is 0. The van der Waals surface area contributed by atoms with Gasteiger partial charge in [-0.25, -0.2) is 0 Å². The van der Waals surface area contributed by atoms with Crippen LogP contribution in [0, 0.1) is 12.8 Å². The van der Waals surface area contributed by atoms with Gasteiger partial charge < -0.3 is 9.64 Å². The maximum Gasteiger partial charge on any atom is 0.310 e. The molecule has 0 aromatic heterocycles. The van der Waals surface area contributed by atoms with E-state index in [9.17, 15) is 9.59 Å². The average Bonchev–Trinajstić information content (AvgIpc) is 2.50. The Kier molecular flexibility index (Phi) is 6.92. The summed E-state index contributed by atoms with van der Waals surface area (Å²) in [7, 11) is 1.37. The SMILES string of the molecule is CCCCN(CC(C)C(=O)OC)C(=O)c1ccc(C)cc1. The number of methoxy groups -OCH3 is 1. The van der Waals surface area contributed by atoms with Gasteiger partial charge in [0, 0.05) is 18.7 Å². The van der Waals surface area contributed by atoms with Crippen molar-refractivity contribution in [1.82, 2.24) is 4.90 Å². The highest BCUT2D eigenvalue weighted by Crippen LogP contribution is 2.11. The van der Waals surface area contributed by atoms with Crippen molar-refractivity contribution in [3.05, 3.63) is 35.4 Å². The third kappa shape index (κ3) is 5.21. The van der Waals surface area contributed by atoms with Crippen molar-refractivity contribution in [2.75, 3.05) is 20.2 Å². The fraction of sp³-hybridized carbons (Fsp3) is 0.529. The van der Waals surface area contributed by atoms with Crippen LogP contribution in [0.3, 0.4) is 0 Å². The Labute approximate surface area is 127 Å². The molecular formula is C17H25NO3. The second-order valence-electron chi connectivity index (χ2n) is 5.39. The number of carbonyl (C=O) groups excluding carboxylic acids is 2. The Morgan fingerprint density at radius 1 is 1.24 bits per heavy atom. The van der Waals surface area contributed by atoms with Crippen LogP contribution >= 0.6 is 0 Å². The summed E-state index contributed by atoms with van der Waals surface area (Å²) in [5.41, 5.74) is 1.78. The molecule has 1 aromatic carbocycles. The van der Waals surface area contributed by atoms with Gasteiger partial charge in [-0.15, -0.1) is 0 Å². The standard InChI is InChI=1S/C17H25NO3/c1-5-6-11-18(12-14(3)17(20)21-4)16(19)15-9-7-13(2)8-10-15/h7-10,14H,5-6,11-12H2,1-4H3. The van der Waals surface area contributed by atoms with E-state index >= 15 is 0 Å². The summed E-state index contributed by atoms with van der Waals surface area (Å²) < 4.78 is 4.74. The van der Waals surface area contributed by atoms with Gasteiger partial charge in [0.25, 0.3) is 5.91 Å². The molecule has 1 rings (SSSR count). The van der Waals surface area contributed by atoms with Crippen LogP contribution in [0.4, 0.5) is 0 Å². The molecule has 0 saturated heterocycles. The van der Waals surface area contributed by atoms with Gasteiger partial charge in [0.05, 0.1) is 13.0 Å². The van der Waals surface area contributed by atoms with Crippen molar-refractivity contribution in [2.24, 2.45) is 5.92 Å². The highest BCUT2D eigenvalue weighted by Gasteiger charge is 2.22. The Morgan fingerprint density at radius 3 is 2.38 bits per heavy atom. The third-order valence-electron chi connectivity index (χ3n) is 3.47. The van der Waals surface area contributed by atoms with Crippen molar-refractivity contribution < 1.29 is 14.3 Å². The second-order valence-corrected chi connectivity index (χ2v) is 5.39. The largest absolute Gasteiger partial charge is 0.469 e. The van der Waals surface area contributed by atoms with Gasteiger partial charge in [-0.1, -0.05) is 38.0 Å². The number of benzene rings is 1. The van der Waals surface area contributed by atoms with E-state index in [1.807, 2.05) is 31.2 Å². The molecule has 0 aliphatic heterocycles. The molecule has 0 aliphatic rings. The van der Waals surface area contributed by atoms with Crippen LogP contribution in [0.25, 0.3) is 0 Å². The molecule has 4 heteroatoms. The van der Waals surface area contributed by atoms with Crippen LogP contribution in [0.1, 0.15) is 42.6 Å². The smallest absolute Gasteiger partial charge is 0.310 e. The van der Waals surface area contributed by atoms with Crippen LogP contribution in [0.15, 0.2) is 24.3 Å². The van der Waals surface area contributed by atoms with Crippen molar-refractivity contribution in [2.45, 2.75) is 33.6 Å². The van der Waals surface area contributed by atoms with Crippen molar-refractivity contribution in [3.8, 4) is 0 Å². The molecule has 116 valence electrons. The van der Waals surface area contributed by atoms with Gasteiger partial charge in [0.15, 0.2) is 0 Å². The number of carbonyl (C=O) groups is 2. The van der Waals surface area contributed by atoms with E-state index in [0.717, 1.165) is 18.4 Å². The molecule has 4 nitrogen and oxygen atoms in total. The minimum atomic E-state index is -0.318. The zero-order chi connectivity index (χ0) is 15.8. The van der Waals surface area contributed by atoms with Crippen molar-refractivity contribution in [3.63, 3.8) is 0 Å². The highest BCUT2D eigenvalue weighted by molar-refractivity contribution is 5.94. The topological polar surface area (TPSA) is 46.6 Å². The van der Waals surface area contributed by atoms with Crippen LogP contribution in [0.5, 0.6) is 0 Å². The second kappa shape index (κ2) is 8.45.